The molecule has 0 aliphatic heterocycles. The van der Waals surface area contributed by atoms with Crippen molar-refractivity contribution in [1.29, 1.82) is 0 Å². The van der Waals surface area contributed by atoms with Crippen molar-refractivity contribution in [1.82, 2.24) is 0 Å². The molecule has 0 amide bonds. The normalized spacial score (nSPS) is 16.8. The summed E-state index contributed by atoms with van der Waals surface area (Å²) >= 11 is 0. The Hall–Kier alpha value is -0.780. The quantitative estimate of drug-likeness (QED) is 0.830. The third-order valence-electron chi connectivity index (χ3n) is 3.72. The predicted octanol–water partition coefficient (Wildman–Crippen LogP) is 4.57. The molecule has 1 saturated carbocycles. The molecule has 0 saturated heterocycles. The number of rotatable bonds is 3. The monoisotopic (exact) mass is 309 g/mol. The molecule has 0 heterocycles. The second-order valence-corrected chi connectivity index (χ2v) is 5.07. The first kappa shape index (κ1) is 17.3. The van der Waals surface area contributed by atoms with E-state index in [2.05, 4.69) is 4.84 Å². The van der Waals surface area contributed by atoms with Crippen LogP contribution in [0.1, 0.15) is 54.7 Å². The summed E-state index contributed by atoms with van der Waals surface area (Å²) in [4.78, 5) is 4.41. The van der Waals surface area contributed by atoms with Crippen molar-refractivity contribution >= 4 is 12.4 Å². The van der Waals surface area contributed by atoms with Crippen molar-refractivity contribution in [2.75, 3.05) is 0 Å². The van der Waals surface area contributed by atoms with Crippen LogP contribution >= 0.6 is 12.4 Å². The molecule has 0 atom stereocenters. The summed E-state index contributed by atoms with van der Waals surface area (Å²) in [7, 11) is 0. The van der Waals surface area contributed by atoms with Crippen LogP contribution in [0.5, 0.6) is 0 Å². The SMILES string of the molecule is Cl.NOCc1ccc(C2CCCCC2)c(C(F)(F)F)c1. The molecule has 0 radical (unpaired) electrons. The number of hydrogen-bond donors (Lipinski definition) is 1. The molecule has 1 aliphatic rings. The van der Waals surface area contributed by atoms with Crippen molar-refractivity contribution < 1.29 is 18.0 Å². The number of hydrogen-bond acceptors (Lipinski definition) is 2. The van der Waals surface area contributed by atoms with Gasteiger partial charge in [0.2, 0.25) is 0 Å². The van der Waals surface area contributed by atoms with E-state index in [1.54, 1.807) is 12.1 Å². The average Bonchev–Trinajstić information content (AvgIpc) is 2.39. The maximum atomic E-state index is 13.2. The lowest BCUT2D eigenvalue weighted by Crippen LogP contribution is -2.15. The summed E-state index contributed by atoms with van der Waals surface area (Å²) in [5, 5.41) is 0. The molecule has 20 heavy (non-hydrogen) atoms. The molecule has 2 rings (SSSR count). The summed E-state index contributed by atoms with van der Waals surface area (Å²) in [6.45, 7) is -0.00593. The van der Waals surface area contributed by atoms with E-state index in [0.29, 0.717) is 11.1 Å². The van der Waals surface area contributed by atoms with E-state index in [9.17, 15) is 13.2 Å². The van der Waals surface area contributed by atoms with Crippen LogP contribution in [0.15, 0.2) is 18.2 Å². The van der Waals surface area contributed by atoms with Gasteiger partial charge >= 0.3 is 6.18 Å². The Morgan fingerprint density at radius 2 is 1.80 bits per heavy atom. The fourth-order valence-corrected chi connectivity index (χ4v) is 2.80. The van der Waals surface area contributed by atoms with Gasteiger partial charge in [0, 0.05) is 0 Å². The minimum atomic E-state index is -4.32. The highest BCUT2D eigenvalue weighted by molar-refractivity contribution is 5.85. The van der Waals surface area contributed by atoms with Gasteiger partial charge in [-0.25, -0.2) is 5.90 Å². The maximum Gasteiger partial charge on any atom is 0.416 e. The number of halogens is 4. The first-order valence-electron chi connectivity index (χ1n) is 6.54. The molecule has 0 aromatic heterocycles. The van der Waals surface area contributed by atoms with Crippen molar-refractivity contribution in [2.45, 2.75) is 50.8 Å². The third kappa shape index (κ3) is 4.11. The van der Waals surface area contributed by atoms with Crippen molar-refractivity contribution in [3.05, 3.63) is 34.9 Å². The number of benzene rings is 1. The highest BCUT2D eigenvalue weighted by Crippen LogP contribution is 2.41. The van der Waals surface area contributed by atoms with Crippen molar-refractivity contribution in [3.63, 3.8) is 0 Å². The van der Waals surface area contributed by atoms with E-state index >= 15 is 0 Å². The van der Waals surface area contributed by atoms with Gasteiger partial charge in [-0.3, -0.25) is 4.84 Å². The van der Waals surface area contributed by atoms with E-state index in [-0.39, 0.29) is 24.9 Å². The van der Waals surface area contributed by atoms with Crippen LogP contribution in [0.2, 0.25) is 0 Å². The van der Waals surface area contributed by atoms with Crippen LogP contribution in [0.4, 0.5) is 13.2 Å². The van der Waals surface area contributed by atoms with Crippen molar-refractivity contribution in [2.24, 2.45) is 5.90 Å². The van der Waals surface area contributed by atoms with Crippen molar-refractivity contribution in [3.8, 4) is 0 Å². The molecular weight excluding hydrogens is 291 g/mol. The van der Waals surface area contributed by atoms with Crippen LogP contribution in [0.25, 0.3) is 0 Å². The van der Waals surface area contributed by atoms with Gasteiger partial charge in [0.15, 0.2) is 0 Å². The fraction of sp³-hybridized carbons (Fsp3) is 0.571. The highest BCUT2D eigenvalue weighted by atomic mass is 35.5. The van der Waals surface area contributed by atoms with Gasteiger partial charge < -0.3 is 0 Å². The molecule has 1 aliphatic carbocycles. The average molecular weight is 310 g/mol. The Balaban J connectivity index is 0.00000200. The van der Waals surface area contributed by atoms with E-state index in [1.807, 2.05) is 0 Å². The van der Waals surface area contributed by atoms with Crippen LogP contribution in [0.3, 0.4) is 0 Å². The molecule has 0 spiro atoms. The Morgan fingerprint density at radius 1 is 1.15 bits per heavy atom. The Labute approximate surface area is 122 Å². The zero-order chi connectivity index (χ0) is 13.9. The number of alkyl halides is 3. The lowest BCUT2D eigenvalue weighted by Gasteiger charge is -2.25. The Bertz CT molecular complexity index is 431. The zero-order valence-electron chi connectivity index (χ0n) is 11.1. The van der Waals surface area contributed by atoms with Crippen LogP contribution in [-0.4, -0.2) is 0 Å². The molecular formula is C14H19ClF3NO. The predicted molar refractivity (Wildman–Crippen MR) is 73.5 cm³/mol. The minimum Gasteiger partial charge on any atom is -0.300 e. The Kier molecular flexibility index (Phi) is 6.30. The van der Waals surface area contributed by atoms with Crippen LogP contribution < -0.4 is 5.90 Å². The molecule has 2 nitrogen and oxygen atoms in total. The van der Waals surface area contributed by atoms with E-state index < -0.39 is 11.7 Å². The second-order valence-electron chi connectivity index (χ2n) is 5.07. The lowest BCUT2D eigenvalue weighted by molar-refractivity contribution is -0.138. The van der Waals surface area contributed by atoms with Crippen LogP contribution in [-0.2, 0) is 17.6 Å². The molecule has 0 bridgehead atoms. The first-order valence-corrected chi connectivity index (χ1v) is 6.54. The molecule has 2 N–H and O–H groups in total. The summed E-state index contributed by atoms with van der Waals surface area (Å²) in [5.74, 6) is 4.95. The van der Waals surface area contributed by atoms with Gasteiger partial charge in [-0.15, -0.1) is 12.4 Å². The van der Waals surface area contributed by atoms with Gasteiger partial charge in [-0.2, -0.15) is 13.2 Å². The maximum absolute atomic E-state index is 13.2. The summed E-state index contributed by atoms with van der Waals surface area (Å²) in [6, 6.07) is 4.43. The fourth-order valence-electron chi connectivity index (χ4n) is 2.80. The highest BCUT2D eigenvalue weighted by Gasteiger charge is 2.35. The van der Waals surface area contributed by atoms with Gasteiger partial charge in [0.25, 0.3) is 0 Å². The largest absolute Gasteiger partial charge is 0.416 e. The second kappa shape index (κ2) is 7.29. The number of nitrogens with two attached hydrogens (primary N) is 1. The van der Waals surface area contributed by atoms with E-state index in [0.717, 1.165) is 38.2 Å². The van der Waals surface area contributed by atoms with Gasteiger partial charge in [-0.05, 0) is 36.0 Å². The molecule has 1 aromatic rings. The summed E-state index contributed by atoms with van der Waals surface area (Å²) in [5.41, 5.74) is 0.344. The molecule has 6 heteroatoms. The minimum absolute atomic E-state index is 0. The van der Waals surface area contributed by atoms with E-state index in [4.69, 9.17) is 5.90 Å². The zero-order valence-corrected chi connectivity index (χ0v) is 11.9. The van der Waals surface area contributed by atoms with E-state index in [1.165, 1.54) is 0 Å². The lowest BCUT2D eigenvalue weighted by atomic mass is 9.81. The first-order chi connectivity index (χ1) is 9.02. The molecule has 0 unspecified atom stereocenters. The topological polar surface area (TPSA) is 35.2 Å². The Morgan fingerprint density at radius 3 is 2.35 bits per heavy atom. The van der Waals surface area contributed by atoms with Crippen LogP contribution in [0, 0.1) is 0 Å². The smallest absolute Gasteiger partial charge is 0.300 e. The summed E-state index contributed by atoms with van der Waals surface area (Å²) in [6.07, 6.45) is 0.505. The summed E-state index contributed by atoms with van der Waals surface area (Å²) < 4.78 is 39.5. The molecule has 114 valence electrons. The van der Waals surface area contributed by atoms with Gasteiger partial charge in [-0.1, -0.05) is 31.4 Å². The molecule has 1 fully saturated rings. The third-order valence-corrected chi connectivity index (χ3v) is 3.72. The van der Waals surface area contributed by atoms with Gasteiger partial charge in [0.05, 0.1) is 12.2 Å². The molecule has 1 aromatic carbocycles. The van der Waals surface area contributed by atoms with Gasteiger partial charge in [0.1, 0.15) is 0 Å². The standard InChI is InChI=1S/C14H18F3NO.ClH/c15-14(16,17)13-8-10(9-19-18)6-7-12(13)11-4-2-1-3-5-11;/h6-8,11H,1-5,9,18H2;1H.